The summed E-state index contributed by atoms with van der Waals surface area (Å²) < 4.78 is 133. The van der Waals surface area contributed by atoms with Gasteiger partial charge in [-0.15, -0.1) is 0 Å². The van der Waals surface area contributed by atoms with E-state index in [1.165, 1.54) is 97.1 Å². The zero-order valence-electron chi connectivity index (χ0n) is 38.3. The predicted molar refractivity (Wildman–Crippen MR) is 263 cm³/mol. The fraction of sp³-hybridized carbons (Fsp3) is 0. The molecule has 0 bridgehead atoms. The van der Waals surface area contributed by atoms with Crippen molar-refractivity contribution in [2.75, 3.05) is 9.44 Å². The van der Waals surface area contributed by atoms with E-state index in [2.05, 4.69) is 29.7 Å². The van der Waals surface area contributed by atoms with Gasteiger partial charge in [0.15, 0.2) is 11.7 Å². The molecule has 26 heteroatoms. The van der Waals surface area contributed by atoms with Crippen molar-refractivity contribution in [3.63, 3.8) is 0 Å². The number of aromatic nitrogens is 2. The van der Waals surface area contributed by atoms with Crippen molar-refractivity contribution in [1.82, 2.24) is 9.97 Å². The number of nitrogens with one attached hydrogen (secondary N) is 2. The molecule has 0 spiro atoms. The molecule has 0 radical (unpaired) electrons. The zero-order valence-corrected chi connectivity index (χ0v) is 40.0. The molecule has 8 N–H and O–H groups in total. The van der Waals surface area contributed by atoms with E-state index in [0.29, 0.717) is 70.2 Å². The van der Waals surface area contributed by atoms with Crippen molar-refractivity contribution in [2.45, 2.75) is 9.79 Å². The predicted octanol–water partition coefficient (Wildman–Crippen LogP) is 9.42. The molecule has 8 rings (SSSR count). The number of hydrogen-bond donors (Lipinski definition) is 6. The van der Waals surface area contributed by atoms with Gasteiger partial charge in [0.05, 0.1) is 33.1 Å². The highest BCUT2D eigenvalue weighted by atomic mass is 32.2. The fourth-order valence-electron chi connectivity index (χ4n) is 6.21. The third-order valence-corrected chi connectivity index (χ3v) is 12.5. The Bertz CT molecular complexity index is 3770. The lowest BCUT2D eigenvalue weighted by molar-refractivity contribution is 0.318. The molecule has 0 aliphatic heterocycles. The number of oxime groups is 2. The summed E-state index contributed by atoms with van der Waals surface area (Å²) in [5, 5.41) is 41.4. The van der Waals surface area contributed by atoms with Gasteiger partial charge in [-0.3, -0.25) is 9.44 Å². The highest BCUT2D eigenvalue weighted by Crippen LogP contribution is 2.35. The second kappa shape index (κ2) is 23.4. The van der Waals surface area contributed by atoms with Crippen LogP contribution in [0.3, 0.4) is 0 Å². The van der Waals surface area contributed by atoms with E-state index in [1.807, 2.05) is 12.1 Å². The van der Waals surface area contributed by atoms with Crippen LogP contribution in [0.2, 0.25) is 0 Å². The van der Waals surface area contributed by atoms with Gasteiger partial charge >= 0.3 is 0 Å². The molecule has 0 atom stereocenters. The highest BCUT2D eigenvalue weighted by molar-refractivity contribution is 7.93. The minimum atomic E-state index is -4.48. The number of amidine groups is 2. The van der Waals surface area contributed by atoms with Gasteiger partial charge < -0.3 is 40.8 Å². The maximum atomic E-state index is 13.7. The highest BCUT2D eigenvalue weighted by Gasteiger charge is 2.23. The summed E-state index contributed by atoms with van der Waals surface area (Å²) in [5.41, 5.74) is 12.4. The fourth-order valence-corrected chi connectivity index (χ4v) is 8.41. The minimum Gasteiger partial charge on any atom is -0.439 e. The average molecular weight is 1080 g/mol. The Morgan fingerprint density at radius 1 is 0.474 bits per heavy atom. The number of pyridine rings is 2. The second-order valence-electron chi connectivity index (χ2n) is 15.1. The number of rotatable bonds is 16. The van der Waals surface area contributed by atoms with E-state index < -0.39 is 53.1 Å². The van der Waals surface area contributed by atoms with Crippen LogP contribution in [0.25, 0.3) is 0 Å². The van der Waals surface area contributed by atoms with Gasteiger partial charge in [-0.05, 0) is 133 Å². The van der Waals surface area contributed by atoms with E-state index in [-0.39, 0.29) is 58.1 Å². The first-order valence-electron chi connectivity index (χ1n) is 21.2. The van der Waals surface area contributed by atoms with Crippen molar-refractivity contribution in [1.29, 1.82) is 10.5 Å². The van der Waals surface area contributed by atoms with Crippen molar-refractivity contribution < 1.29 is 63.8 Å². The average Bonchev–Trinajstić information content (AvgIpc) is 3.41. The maximum Gasteiger partial charge on any atom is 0.262 e. The molecule has 0 amide bonds. The molecule has 384 valence electrons. The Morgan fingerprint density at radius 2 is 0.776 bits per heavy atom. The Labute approximate surface area is 428 Å². The number of halogens is 4. The monoisotopic (exact) mass is 1070 g/mol. The number of anilines is 2. The number of nitrogens with zero attached hydrogens (tertiary/aromatic N) is 6. The van der Waals surface area contributed by atoms with Crippen LogP contribution < -0.4 is 39.9 Å². The van der Waals surface area contributed by atoms with Crippen molar-refractivity contribution in [3.8, 4) is 58.7 Å². The molecule has 0 fully saturated rings. The molecule has 0 saturated heterocycles. The van der Waals surface area contributed by atoms with Gasteiger partial charge in [0, 0.05) is 35.4 Å². The Hall–Kier alpha value is -10.4. The molecular weight excluding hydrogens is 1040 g/mol. The number of benzene rings is 6. The number of ether oxygens (including phenoxy) is 4. The zero-order chi connectivity index (χ0) is 54.6. The number of hydrogen-bond acceptors (Lipinski definition) is 16. The third kappa shape index (κ3) is 13.9. The molecule has 76 heavy (non-hydrogen) atoms. The van der Waals surface area contributed by atoms with Crippen LogP contribution in [-0.2, 0) is 20.0 Å². The molecule has 2 aromatic heterocycles. The molecule has 8 aromatic rings. The molecule has 0 saturated carbocycles. The van der Waals surface area contributed by atoms with E-state index in [1.54, 1.807) is 24.3 Å². The molecule has 0 aliphatic rings. The van der Waals surface area contributed by atoms with Crippen LogP contribution in [-0.4, -0.2) is 48.9 Å². The van der Waals surface area contributed by atoms with E-state index >= 15 is 0 Å². The first kappa shape index (κ1) is 53.4. The summed E-state index contributed by atoms with van der Waals surface area (Å²) in [6.45, 7) is 0. The lowest BCUT2D eigenvalue weighted by Crippen LogP contribution is -2.15. The van der Waals surface area contributed by atoms with Gasteiger partial charge in [0.2, 0.25) is 23.5 Å². The largest absolute Gasteiger partial charge is 0.439 e. The Balaban J connectivity index is 0.000000222. The minimum absolute atomic E-state index is 0.0143. The number of nitrogens with two attached hydrogens (primary N) is 2. The van der Waals surface area contributed by atoms with Gasteiger partial charge in [-0.25, -0.2) is 34.4 Å². The molecular formula is C50H34F4N10O10S2. The lowest BCUT2D eigenvalue weighted by atomic mass is 10.2. The van der Waals surface area contributed by atoms with Crippen LogP contribution in [0, 0.1) is 45.9 Å². The third-order valence-electron chi connectivity index (χ3n) is 9.81. The van der Waals surface area contributed by atoms with Gasteiger partial charge in [0.1, 0.15) is 57.6 Å². The lowest BCUT2D eigenvalue weighted by Gasteiger charge is -2.15. The summed E-state index contributed by atoms with van der Waals surface area (Å²) in [7, 11) is -8.90. The standard InChI is InChI=1S/C25H20F2N6O6S.C25H14F2N4O4S/c26-16-11-17(27)13-20(12-16)40(36,37)33-21-9-10-22(38-18-5-1-14(2-6-18)23(28)31-34)30-25(21)39-19-7-3-15(4-8-19)24(29)32-35;26-18-11-19(27)13-22(12-18)36(32,33)31-23-9-10-24(34-20-5-1-16(14-28)2-6-20)30-25(23)35-21-7-3-17(15-29)4-8-21/h1-13,33-35H,(H2,28,31)(H2,29,32);1-13,31H. The quantitative estimate of drug-likeness (QED) is 0.0172. The van der Waals surface area contributed by atoms with Crippen molar-refractivity contribution >= 4 is 43.1 Å². The summed E-state index contributed by atoms with van der Waals surface area (Å²) in [5.74, 6) is -3.95. The Kier molecular flexibility index (Phi) is 16.4. The molecule has 0 unspecified atom stereocenters. The van der Waals surface area contributed by atoms with Crippen LogP contribution in [0.1, 0.15) is 22.3 Å². The molecule has 0 aliphatic carbocycles. The van der Waals surface area contributed by atoms with Crippen LogP contribution in [0.15, 0.2) is 178 Å². The van der Waals surface area contributed by atoms with Gasteiger partial charge in [-0.2, -0.15) is 20.5 Å². The second-order valence-corrected chi connectivity index (χ2v) is 18.5. The van der Waals surface area contributed by atoms with E-state index in [4.69, 9.17) is 51.4 Å². The van der Waals surface area contributed by atoms with Crippen LogP contribution >= 0.6 is 0 Å². The number of nitriles is 2. The van der Waals surface area contributed by atoms with E-state index in [9.17, 15) is 34.4 Å². The summed E-state index contributed by atoms with van der Waals surface area (Å²) in [6.07, 6.45) is 0. The smallest absolute Gasteiger partial charge is 0.262 e. The molecule has 6 aromatic carbocycles. The first-order chi connectivity index (χ1) is 36.3. The summed E-state index contributed by atoms with van der Waals surface area (Å²) in [6, 6.07) is 37.1. The van der Waals surface area contributed by atoms with Crippen LogP contribution in [0.5, 0.6) is 46.5 Å². The van der Waals surface area contributed by atoms with Crippen molar-refractivity contribution in [3.05, 3.63) is 203 Å². The summed E-state index contributed by atoms with van der Waals surface area (Å²) >= 11 is 0. The normalized spacial score (nSPS) is 11.4. The maximum absolute atomic E-state index is 13.7. The molecule has 2 heterocycles. The SMILES string of the molecule is N#Cc1ccc(Oc2ccc(NS(=O)(=O)c3cc(F)cc(F)c3)c(Oc3ccc(C#N)cc3)n2)cc1.NC(=NO)c1ccc(Oc2ccc(NS(=O)(=O)c3cc(F)cc(F)c3)c(Oc3ccc(C(N)=NO)cc3)n2)cc1. The Morgan fingerprint density at radius 3 is 1.08 bits per heavy atom. The summed E-state index contributed by atoms with van der Waals surface area (Å²) in [4.78, 5) is 7.14. The molecule has 20 nitrogen and oxygen atoms in total. The topological polar surface area (TPSA) is 320 Å². The van der Waals surface area contributed by atoms with Gasteiger partial charge in [-0.1, -0.05) is 10.3 Å². The van der Waals surface area contributed by atoms with Gasteiger partial charge in [0.25, 0.3) is 20.0 Å². The number of sulfonamides is 2. The first-order valence-corrected chi connectivity index (χ1v) is 24.2. The van der Waals surface area contributed by atoms with Crippen LogP contribution in [0.4, 0.5) is 28.9 Å². The van der Waals surface area contributed by atoms with Crippen molar-refractivity contribution in [2.24, 2.45) is 21.8 Å². The van der Waals surface area contributed by atoms with E-state index in [0.717, 1.165) is 0 Å².